The summed E-state index contributed by atoms with van der Waals surface area (Å²) in [6.07, 6.45) is -3.56. The highest BCUT2D eigenvalue weighted by Gasteiger charge is 2.35. The van der Waals surface area contributed by atoms with E-state index in [1.54, 1.807) is 6.92 Å². The van der Waals surface area contributed by atoms with E-state index in [-0.39, 0.29) is 18.9 Å². The number of ether oxygens (including phenoxy) is 1. The van der Waals surface area contributed by atoms with Gasteiger partial charge in [0.25, 0.3) is 0 Å². The van der Waals surface area contributed by atoms with Crippen molar-refractivity contribution in [3.8, 4) is 0 Å². The van der Waals surface area contributed by atoms with E-state index in [2.05, 4.69) is 0 Å². The van der Waals surface area contributed by atoms with E-state index in [1.807, 2.05) is 0 Å². The van der Waals surface area contributed by atoms with Gasteiger partial charge in [-0.05, 0) is 13.8 Å². The molecule has 1 heterocycles. The maximum Gasteiger partial charge on any atom is 0.106 e. The van der Waals surface area contributed by atoms with Crippen molar-refractivity contribution in [1.29, 1.82) is 0 Å². The minimum Gasteiger partial charge on any atom is -0.391 e. The van der Waals surface area contributed by atoms with Gasteiger partial charge in [0.15, 0.2) is 0 Å². The first-order valence-electron chi connectivity index (χ1n) is 5.29. The van der Waals surface area contributed by atoms with Gasteiger partial charge < -0.3 is 25.2 Å². The molecule has 0 saturated carbocycles. The Morgan fingerprint density at radius 3 is 2.40 bits per heavy atom. The molecule has 0 radical (unpaired) electrons. The second-order valence-electron chi connectivity index (χ2n) is 4.30. The average molecular weight is 220 g/mol. The van der Waals surface area contributed by atoms with Crippen LogP contribution in [-0.4, -0.2) is 57.0 Å². The maximum atomic E-state index is 9.50. The molecular formula is C10H20O5. The van der Waals surface area contributed by atoms with E-state index in [4.69, 9.17) is 9.84 Å². The van der Waals surface area contributed by atoms with Crippen molar-refractivity contribution in [2.24, 2.45) is 0 Å². The summed E-state index contributed by atoms with van der Waals surface area (Å²) in [5.74, 6) is 0. The Hall–Kier alpha value is -0.200. The number of aliphatic hydroxyl groups excluding tert-OH is 4. The molecule has 1 aliphatic rings. The second kappa shape index (κ2) is 5.23. The fourth-order valence-corrected chi connectivity index (χ4v) is 1.78. The first kappa shape index (κ1) is 12.9. The van der Waals surface area contributed by atoms with E-state index in [9.17, 15) is 15.3 Å². The third-order valence-corrected chi connectivity index (χ3v) is 2.85. The zero-order chi connectivity index (χ0) is 11.6. The lowest BCUT2D eigenvalue weighted by Crippen LogP contribution is -2.48. The Bertz CT molecular complexity index is 184. The molecule has 0 aromatic heterocycles. The van der Waals surface area contributed by atoms with Gasteiger partial charge in [0.2, 0.25) is 0 Å². The third kappa shape index (κ3) is 3.39. The van der Waals surface area contributed by atoms with Crippen LogP contribution < -0.4 is 0 Å². The van der Waals surface area contributed by atoms with Gasteiger partial charge in [-0.25, -0.2) is 0 Å². The number of aliphatic hydroxyl groups is 4. The van der Waals surface area contributed by atoms with Crippen molar-refractivity contribution in [2.45, 2.75) is 63.3 Å². The van der Waals surface area contributed by atoms with Crippen molar-refractivity contribution in [3.63, 3.8) is 0 Å². The van der Waals surface area contributed by atoms with Crippen LogP contribution in [-0.2, 0) is 4.74 Å². The number of rotatable bonds is 3. The molecule has 0 spiro atoms. The lowest BCUT2D eigenvalue weighted by Gasteiger charge is -2.36. The third-order valence-electron chi connectivity index (χ3n) is 2.85. The molecule has 5 nitrogen and oxygen atoms in total. The Kier molecular flexibility index (Phi) is 4.48. The van der Waals surface area contributed by atoms with Crippen molar-refractivity contribution in [1.82, 2.24) is 0 Å². The summed E-state index contributed by atoms with van der Waals surface area (Å²) in [5.41, 5.74) is 0. The van der Waals surface area contributed by atoms with E-state index in [0.29, 0.717) is 0 Å². The van der Waals surface area contributed by atoms with Crippen LogP contribution in [0.2, 0.25) is 0 Å². The molecule has 0 aromatic rings. The van der Waals surface area contributed by atoms with E-state index < -0.39 is 30.5 Å². The predicted octanol–water partition coefficient (Wildman–Crippen LogP) is -0.983. The largest absolute Gasteiger partial charge is 0.391 e. The van der Waals surface area contributed by atoms with Crippen LogP contribution in [0.1, 0.15) is 26.7 Å². The van der Waals surface area contributed by atoms with E-state index in [0.717, 1.165) is 0 Å². The van der Waals surface area contributed by atoms with E-state index in [1.165, 1.54) is 6.92 Å². The molecule has 90 valence electrons. The molecule has 4 N–H and O–H groups in total. The lowest BCUT2D eigenvalue weighted by molar-refractivity contribution is -0.171. The molecule has 0 aliphatic carbocycles. The summed E-state index contributed by atoms with van der Waals surface area (Å²) in [6.45, 7) is 3.18. The van der Waals surface area contributed by atoms with Crippen LogP contribution in [0.4, 0.5) is 0 Å². The molecule has 1 saturated heterocycles. The molecule has 0 bridgehead atoms. The van der Waals surface area contributed by atoms with Crippen LogP contribution in [0.5, 0.6) is 0 Å². The van der Waals surface area contributed by atoms with Crippen molar-refractivity contribution in [2.75, 3.05) is 0 Å². The van der Waals surface area contributed by atoms with Gasteiger partial charge in [-0.3, -0.25) is 0 Å². The molecule has 0 amide bonds. The normalized spacial score (nSPS) is 41.2. The topological polar surface area (TPSA) is 90.2 Å². The van der Waals surface area contributed by atoms with Crippen LogP contribution in [0.15, 0.2) is 0 Å². The Labute approximate surface area is 89.3 Å². The predicted molar refractivity (Wildman–Crippen MR) is 53.3 cm³/mol. The van der Waals surface area contributed by atoms with Gasteiger partial charge in [-0.1, -0.05) is 0 Å². The lowest BCUT2D eigenvalue weighted by atomic mass is 9.94. The van der Waals surface area contributed by atoms with Crippen LogP contribution in [0.3, 0.4) is 0 Å². The average Bonchev–Trinajstić information content (AvgIpc) is 2.13. The molecule has 5 heteroatoms. The summed E-state index contributed by atoms with van der Waals surface area (Å²) in [7, 11) is 0. The SMILES string of the molecule is C[C@@H](O)[C@@H](O)C[C@@H]1C[C@@H](O)[C@H](O)[C@@H](C)O1. The van der Waals surface area contributed by atoms with Crippen LogP contribution in [0.25, 0.3) is 0 Å². The summed E-state index contributed by atoms with van der Waals surface area (Å²) in [5, 5.41) is 37.5. The second-order valence-corrected chi connectivity index (χ2v) is 4.30. The first-order valence-corrected chi connectivity index (χ1v) is 5.29. The first-order chi connectivity index (χ1) is 6.91. The highest BCUT2D eigenvalue weighted by Crippen LogP contribution is 2.23. The van der Waals surface area contributed by atoms with E-state index >= 15 is 0 Å². The summed E-state index contributed by atoms with van der Waals surface area (Å²) in [4.78, 5) is 0. The number of hydrogen-bond acceptors (Lipinski definition) is 5. The molecule has 0 aromatic carbocycles. The molecule has 1 fully saturated rings. The molecular weight excluding hydrogens is 200 g/mol. The highest BCUT2D eigenvalue weighted by atomic mass is 16.5. The van der Waals surface area contributed by atoms with Gasteiger partial charge in [0.05, 0.1) is 30.5 Å². The highest BCUT2D eigenvalue weighted by molar-refractivity contribution is 4.84. The van der Waals surface area contributed by atoms with Crippen LogP contribution >= 0.6 is 0 Å². The fraction of sp³-hybridized carbons (Fsp3) is 1.00. The van der Waals surface area contributed by atoms with Crippen molar-refractivity contribution < 1.29 is 25.2 Å². The van der Waals surface area contributed by atoms with Gasteiger partial charge in [-0.15, -0.1) is 0 Å². The van der Waals surface area contributed by atoms with Gasteiger partial charge in [0, 0.05) is 12.8 Å². The molecule has 1 aliphatic heterocycles. The van der Waals surface area contributed by atoms with Crippen molar-refractivity contribution >= 4 is 0 Å². The minimum absolute atomic E-state index is 0.270. The zero-order valence-corrected chi connectivity index (χ0v) is 9.08. The summed E-state index contributed by atoms with van der Waals surface area (Å²) in [6, 6.07) is 0. The smallest absolute Gasteiger partial charge is 0.106 e. The number of hydrogen-bond donors (Lipinski definition) is 4. The summed E-state index contributed by atoms with van der Waals surface area (Å²) >= 11 is 0. The van der Waals surface area contributed by atoms with Crippen LogP contribution in [0, 0.1) is 0 Å². The Morgan fingerprint density at radius 2 is 1.93 bits per heavy atom. The quantitative estimate of drug-likeness (QED) is 0.491. The van der Waals surface area contributed by atoms with Crippen molar-refractivity contribution in [3.05, 3.63) is 0 Å². The molecule has 1 rings (SSSR count). The maximum absolute atomic E-state index is 9.50. The van der Waals surface area contributed by atoms with Gasteiger partial charge in [0.1, 0.15) is 6.10 Å². The standard InChI is InChI=1S/C10H20O5/c1-5(11)8(12)3-7-4-9(13)10(14)6(2)15-7/h5-14H,3-4H2,1-2H3/t5-,6-,7-,8+,9-,10-/m1/s1. The molecule has 15 heavy (non-hydrogen) atoms. The summed E-state index contributed by atoms with van der Waals surface area (Å²) < 4.78 is 5.41. The monoisotopic (exact) mass is 220 g/mol. The van der Waals surface area contributed by atoms with Gasteiger partial charge in [-0.2, -0.15) is 0 Å². The minimum atomic E-state index is -0.870. The zero-order valence-electron chi connectivity index (χ0n) is 9.08. The van der Waals surface area contributed by atoms with Gasteiger partial charge >= 0.3 is 0 Å². The Balaban J connectivity index is 2.44. The fourth-order valence-electron chi connectivity index (χ4n) is 1.78. The molecule has 6 atom stereocenters. The molecule has 0 unspecified atom stereocenters. The Morgan fingerprint density at radius 1 is 1.33 bits per heavy atom.